The first-order valence-corrected chi connectivity index (χ1v) is 6.45. The van der Waals surface area contributed by atoms with Gasteiger partial charge in [0.1, 0.15) is 5.76 Å². The SMILES string of the molecule is CNC(Cc1ccco1)c1ccc(C)cc1Br. The van der Waals surface area contributed by atoms with Crippen molar-refractivity contribution in [1.29, 1.82) is 0 Å². The zero-order valence-corrected chi connectivity index (χ0v) is 11.6. The van der Waals surface area contributed by atoms with Crippen LogP contribution in [0.15, 0.2) is 45.5 Å². The van der Waals surface area contributed by atoms with E-state index >= 15 is 0 Å². The molecule has 1 heterocycles. The maximum Gasteiger partial charge on any atom is 0.105 e. The van der Waals surface area contributed by atoms with E-state index in [0.29, 0.717) is 0 Å². The first kappa shape index (κ1) is 12.4. The molecule has 2 aromatic rings. The van der Waals surface area contributed by atoms with Gasteiger partial charge in [-0.1, -0.05) is 28.1 Å². The number of aryl methyl sites for hydroxylation is 1. The van der Waals surface area contributed by atoms with E-state index in [4.69, 9.17) is 4.42 Å². The Morgan fingerprint density at radius 3 is 2.76 bits per heavy atom. The second-order valence-electron chi connectivity index (χ2n) is 4.15. The number of halogens is 1. The molecule has 0 aliphatic rings. The summed E-state index contributed by atoms with van der Waals surface area (Å²) in [5.74, 6) is 0.997. The van der Waals surface area contributed by atoms with Gasteiger partial charge in [0.15, 0.2) is 0 Å². The second kappa shape index (κ2) is 5.52. The maximum atomic E-state index is 5.40. The molecule has 0 radical (unpaired) electrons. The third-order valence-corrected chi connectivity index (χ3v) is 3.55. The van der Waals surface area contributed by atoms with Crippen LogP contribution in [0.3, 0.4) is 0 Å². The van der Waals surface area contributed by atoms with Crippen molar-refractivity contribution in [2.45, 2.75) is 19.4 Å². The smallest absolute Gasteiger partial charge is 0.105 e. The van der Waals surface area contributed by atoms with Crippen LogP contribution in [0.25, 0.3) is 0 Å². The number of likely N-dealkylation sites (N-methyl/N-ethyl adjacent to an activating group) is 1. The maximum absolute atomic E-state index is 5.40. The highest BCUT2D eigenvalue weighted by atomic mass is 79.9. The van der Waals surface area contributed by atoms with E-state index in [2.05, 4.69) is 46.4 Å². The Hall–Kier alpha value is -1.06. The van der Waals surface area contributed by atoms with Crippen molar-refractivity contribution in [3.05, 3.63) is 58.0 Å². The minimum Gasteiger partial charge on any atom is -0.469 e. The molecular formula is C14H16BrNO. The highest BCUT2D eigenvalue weighted by Gasteiger charge is 2.14. The minimum absolute atomic E-state index is 0.260. The van der Waals surface area contributed by atoms with E-state index in [9.17, 15) is 0 Å². The molecule has 1 unspecified atom stereocenters. The Labute approximate surface area is 110 Å². The molecule has 1 atom stereocenters. The van der Waals surface area contributed by atoms with Gasteiger partial charge in [-0.05, 0) is 43.3 Å². The third-order valence-electron chi connectivity index (χ3n) is 2.87. The lowest BCUT2D eigenvalue weighted by Gasteiger charge is -2.17. The summed E-state index contributed by atoms with van der Waals surface area (Å²) in [5.41, 5.74) is 2.52. The molecule has 17 heavy (non-hydrogen) atoms. The Morgan fingerprint density at radius 2 is 2.18 bits per heavy atom. The molecule has 1 aromatic carbocycles. The number of rotatable bonds is 4. The second-order valence-corrected chi connectivity index (χ2v) is 5.00. The van der Waals surface area contributed by atoms with Crippen LogP contribution in [0, 0.1) is 6.92 Å². The fourth-order valence-corrected chi connectivity index (χ4v) is 2.68. The van der Waals surface area contributed by atoms with Crippen LogP contribution in [0.4, 0.5) is 0 Å². The predicted octanol–water partition coefficient (Wildman–Crippen LogP) is 3.85. The van der Waals surface area contributed by atoms with Crippen LogP contribution in [0.2, 0.25) is 0 Å². The zero-order chi connectivity index (χ0) is 12.3. The largest absolute Gasteiger partial charge is 0.469 e. The van der Waals surface area contributed by atoms with Crippen LogP contribution < -0.4 is 5.32 Å². The lowest BCUT2D eigenvalue weighted by molar-refractivity contribution is 0.465. The molecule has 0 spiro atoms. The van der Waals surface area contributed by atoms with Gasteiger partial charge in [-0.2, -0.15) is 0 Å². The van der Waals surface area contributed by atoms with Crippen molar-refractivity contribution in [2.75, 3.05) is 7.05 Å². The van der Waals surface area contributed by atoms with Gasteiger partial charge >= 0.3 is 0 Å². The van der Waals surface area contributed by atoms with E-state index in [1.165, 1.54) is 11.1 Å². The standard InChI is InChI=1S/C14H16BrNO/c1-10-5-6-12(13(15)8-10)14(16-2)9-11-4-3-7-17-11/h3-8,14,16H,9H2,1-2H3. The van der Waals surface area contributed by atoms with Gasteiger partial charge in [0, 0.05) is 16.9 Å². The van der Waals surface area contributed by atoms with Crippen LogP contribution in [0.1, 0.15) is 22.9 Å². The Kier molecular flexibility index (Phi) is 4.02. The van der Waals surface area contributed by atoms with Crippen LogP contribution in [0.5, 0.6) is 0 Å². The van der Waals surface area contributed by atoms with Gasteiger partial charge < -0.3 is 9.73 Å². The van der Waals surface area contributed by atoms with Gasteiger partial charge in [0.25, 0.3) is 0 Å². The van der Waals surface area contributed by atoms with Crippen LogP contribution >= 0.6 is 15.9 Å². The Balaban J connectivity index is 2.23. The molecule has 0 saturated heterocycles. The van der Waals surface area contributed by atoms with Gasteiger partial charge in [-0.15, -0.1) is 0 Å². The van der Waals surface area contributed by atoms with Gasteiger partial charge in [0.05, 0.1) is 6.26 Å². The van der Waals surface area contributed by atoms with Crippen molar-refractivity contribution in [3.63, 3.8) is 0 Å². The van der Waals surface area contributed by atoms with Crippen molar-refractivity contribution >= 4 is 15.9 Å². The van der Waals surface area contributed by atoms with Gasteiger partial charge in [-0.3, -0.25) is 0 Å². The molecule has 2 rings (SSSR count). The van der Waals surface area contributed by atoms with Gasteiger partial charge in [-0.25, -0.2) is 0 Å². The number of furan rings is 1. The number of benzene rings is 1. The number of nitrogens with one attached hydrogen (secondary N) is 1. The van der Waals surface area contributed by atoms with E-state index in [-0.39, 0.29) is 6.04 Å². The molecule has 0 fully saturated rings. The summed E-state index contributed by atoms with van der Waals surface area (Å²) in [6.07, 6.45) is 2.57. The molecule has 0 saturated carbocycles. The van der Waals surface area contributed by atoms with E-state index in [1.807, 2.05) is 19.2 Å². The molecule has 0 bridgehead atoms. The molecule has 90 valence electrons. The lowest BCUT2D eigenvalue weighted by Crippen LogP contribution is -2.19. The number of hydrogen-bond donors (Lipinski definition) is 1. The van der Waals surface area contributed by atoms with Crippen molar-refractivity contribution in [1.82, 2.24) is 5.32 Å². The quantitative estimate of drug-likeness (QED) is 0.926. The summed E-state index contributed by atoms with van der Waals surface area (Å²) >= 11 is 3.62. The number of hydrogen-bond acceptors (Lipinski definition) is 2. The Morgan fingerprint density at radius 1 is 1.35 bits per heavy atom. The molecule has 0 amide bonds. The summed E-state index contributed by atoms with van der Waals surface area (Å²) in [5, 5.41) is 3.33. The normalized spacial score (nSPS) is 12.6. The first-order chi connectivity index (χ1) is 8.20. The molecule has 2 nitrogen and oxygen atoms in total. The highest BCUT2D eigenvalue weighted by Crippen LogP contribution is 2.27. The van der Waals surface area contributed by atoms with E-state index in [1.54, 1.807) is 6.26 Å². The average molecular weight is 294 g/mol. The lowest BCUT2D eigenvalue weighted by atomic mass is 10.0. The average Bonchev–Trinajstić information content (AvgIpc) is 2.79. The van der Waals surface area contributed by atoms with E-state index < -0.39 is 0 Å². The zero-order valence-electron chi connectivity index (χ0n) is 10.0. The molecular weight excluding hydrogens is 278 g/mol. The Bertz CT molecular complexity index is 479. The first-order valence-electron chi connectivity index (χ1n) is 5.66. The summed E-state index contributed by atoms with van der Waals surface area (Å²) in [6.45, 7) is 2.09. The summed E-state index contributed by atoms with van der Waals surface area (Å²) in [7, 11) is 1.97. The highest BCUT2D eigenvalue weighted by molar-refractivity contribution is 9.10. The van der Waals surface area contributed by atoms with E-state index in [0.717, 1.165) is 16.7 Å². The minimum atomic E-state index is 0.260. The summed E-state index contributed by atoms with van der Waals surface area (Å²) in [4.78, 5) is 0. The third kappa shape index (κ3) is 2.99. The van der Waals surface area contributed by atoms with Crippen molar-refractivity contribution in [2.24, 2.45) is 0 Å². The van der Waals surface area contributed by atoms with Crippen molar-refractivity contribution in [3.8, 4) is 0 Å². The molecule has 3 heteroatoms. The summed E-state index contributed by atoms with van der Waals surface area (Å²) < 4.78 is 6.54. The summed E-state index contributed by atoms with van der Waals surface area (Å²) in [6, 6.07) is 10.6. The van der Waals surface area contributed by atoms with Crippen molar-refractivity contribution < 1.29 is 4.42 Å². The molecule has 1 aromatic heterocycles. The van der Waals surface area contributed by atoms with Crippen LogP contribution in [-0.4, -0.2) is 7.05 Å². The molecule has 0 aliphatic carbocycles. The predicted molar refractivity (Wildman–Crippen MR) is 73.1 cm³/mol. The molecule has 1 N–H and O–H groups in total. The molecule has 0 aliphatic heterocycles. The monoisotopic (exact) mass is 293 g/mol. The fraction of sp³-hybridized carbons (Fsp3) is 0.286. The van der Waals surface area contributed by atoms with Gasteiger partial charge in [0.2, 0.25) is 0 Å². The topological polar surface area (TPSA) is 25.2 Å². The fourth-order valence-electron chi connectivity index (χ4n) is 1.91. The van der Waals surface area contributed by atoms with Crippen LogP contribution in [-0.2, 0) is 6.42 Å².